The van der Waals surface area contributed by atoms with E-state index in [0.717, 1.165) is 43.2 Å². The largest absolute Gasteiger partial charge is 0.336 e. The van der Waals surface area contributed by atoms with E-state index in [1.54, 1.807) is 0 Å². The lowest BCUT2D eigenvalue weighted by molar-refractivity contribution is 0.0637. The van der Waals surface area contributed by atoms with Crippen LogP contribution in [0.2, 0.25) is 0 Å². The SMILES string of the molecule is CCCN1CCN(C(=O)c2ccc(S)cc2)CC1. The zero-order valence-corrected chi connectivity index (χ0v) is 11.7. The van der Waals surface area contributed by atoms with E-state index in [-0.39, 0.29) is 5.91 Å². The molecule has 0 unspecified atom stereocenters. The van der Waals surface area contributed by atoms with Gasteiger partial charge in [0, 0.05) is 36.6 Å². The molecule has 0 radical (unpaired) electrons. The van der Waals surface area contributed by atoms with Crippen molar-refractivity contribution in [3.8, 4) is 0 Å². The van der Waals surface area contributed by atoms with Crippen molar-refractivity contribution in [1.29, 1.82) is 0 Å². The van der Waals surface area contributed by atoms with Crippen molar-refractivity contribution in [3.05, 3.63) is 29.8 Å². The first-order chi connectivity index (χ1) is 8.70. The quantitative estimate of drug-likeness (QED) is 0.846. The predicted molar refractivity (Wildman–Crippen MR) is 76.3 cm³/mol. The van der Waals surface area contributed by atoms with Gasteiger partial charge in [-0.05, 0) is 37.2 Å². The molecule has 0 aromatic heterocycles. The van der Waals surface area contributed by atoms with Crippen molar-refractivity contribution < 1.29 is 4.79 Å². The highest BCUT2D eigenvalue weighted by atomic mass is 32.1. The maximum atomic E-state index is 12.3. The number of rotatable bonds is 3. The molecule has 4 heteroatoms. The second-order valence-electron chi connectivity index (χ2n) is 4.68. The maximum absolute atomic E-state index is 12.3. The lowest BCUT2D eigenvalue weighted by atomic mass is 10.2. The van der Waals surface area contributed by atoms with E-state index in [2.05, 4.69) is 24.5 Å². The molecule has 1 aliphatic rings. The molecule has 1 saturated heterocycles. The van der Waals surface area contributed by atoms with Crippen LogP contribution in [-0.4, -0.2) is 48.4 Å². The smallest absolute Gasteiger partial charge is 0.253 e. The second-order valence-corrected chi connectivity index (χ2v) is 5.20. The Bertz CT molecular complexity index is 397. The summed E-state index contributed by atoms with van der Waals surface area (Å²) in [5.41, 5.74) is 0.761. The summed E-state index contributed by atoms with van der Waals surface area (Å²) in [6, 6.07) is 7.43. The third-order valence-electron chi connectivity index (χ3n) is 3.31. The van der Waals surface area contributed by atoms with Gasteiger partial charge < -0.3 is 4.90 Å². The molecule has 0 atom stereocenters. The van der Waals surface area contributed by atoms with E-state index < -0.39 is 0 Å². The molecule has 0 aliphatic carbocycles. The molecule has 1 aliphatic heterocycles. The van der Waals surface area contributed by atoms with Crippen molar-refractivity contribution in [2.75, 3.05) is 32.7 Å². The molecular weight excluding hydrogens is 244 g/mol. The molecule has 18 heavy (non-hydrogen) atoms. The number of carbonyl (C=O) groups excluding carboxylic acids is 1. The molecule has 1 amide bonds. The fourth-order valence-corrected chi connectivity index (χ4v) is 2.43. The van der Waals surface area contributed by atoms with Crippen LogP contribution < -0.4 is 0 Å². The number of benzene rings is 1. The zero-order valence-electron chi connectivity index (χ0n) is 10.8. The van der Waals surface area contributed by atoms with Gasteiger partial charge >= 0.3 is 0 Å². The Hall–Kier alpha value is -1.00. The third kappa shape index (κ3) is 3.27. The summed E-state index contributed by atoms with van der Waals surface area (Å²) in [6.07, 6.45) is 1.18. The van der Waals surface area contributed by atoms with Crippen molar-refractivity contribution in [3.63, 3.8) is 0 Å². The van der Waals surface area contributed by atoms with Gasteiger partial charge in [-0.1, -0.05) is 6.92 Å². The molecule has 1 aromatic rings. The fourth-order valence-electron chi connectivity index (χ4n) is 2.28. The summed E-state index contributed by atoms with van der Waals surface area (Å²) >= 11 is 4.23. The van der Waals surface area contributed by atoms with Crippen molar-refractivity contribution in [2.45, 2.75) is 18.2 Å². The predicted octanol–water partition coefficient (Wildman–Crippen LogP) is 2.14. The van der Waals surface area contributed by atoms with Crippen molar-refractivity contribution >= 4 is 18.5 Å². The van der Waals surface area contributed by atoms with Crippen LogP contribution in [0.15, 0.2) is 29.2 Å². The highest BCUT2D eigenvalue weighted by molar-refractivity contribution is 7.80. The molecule has 1 heterocycles. The van der Waals surface area contributed by atoms with E-state index in [4.69, 9.17) is 0 Å². The minimum absolute atomic E-state index is 0.138. The number of hydrogen-bond acceptors (Lipinski definition) is 3. The van der Waals surface area contributed by atoms with Crippen LogP contribution >= 0.6 is 12.6 Å². The van der Waals surface area contributed by atoms with E-state index in [9.17, 15) is 4.79 Å². The number of amides is 1. The summed E-state index contributed by atoms with van der Waals surface area (Å²) in [5, 5.41) is 0. The zero-order chi connectivity index (χ0) is 13.0. The molecule has 0 N–H and O–H groups in total. The van der Waals surface area contributed by atoms with Gasteiger partial charge in [0.1, 0.15) is 0 Å². The van der Waals surface area contributed by atoms with Crippen LogP contribution in [0.3, 0.4) is 0 Å². The van der Waals surface area contributed by atoms with E-state index in [1.165, 1.54) is 6.42 Å². The van der Waals surface area contributed by atoms with Gasteiger partial charge in [-0.15, -0.1) is 12.6 Å². The number of nitrogens with zero attached hydrogens (tertiary/aromatic N) is 2. The van der Waals surface area contributed by atoms with Gasteiger partial charge in [0.2, 0.25) is 0 Å². The number of thiol groups is 1. The second kappa shape index (κ2) is 6.25. The van der Waals surface area contributed by atoms with Crippen LogP contribution in [0.4, 0.5) is 0 Å². The molecule has 0 saturated carbocycles. The van der Waals surface area contributed by atoms with E-state index in [0.29, 0.717) is 0 Å². The van der Waals surface area contributed by atoms with Gasteiger partial charge in [0.15, 0.2) is 0 Å². The average Bonchev–Trinajstić information content (AvgIpc) is 2.40. The van der Waals surface area contributed by atoms with Gasteiger partial charge in [-0.25, -0.2) is 0 Å². The molecule has 3 nitrogen and oxygen atoms in total. The normalized spacial score (nSPS) is 16.9. The number of piperazine rings is 1. The minimum Gasteiger partial charge on any atom is -0.336 e. The van der Waals surface area contributed by atoms with Crippen molar-refractivity contribution in [2.24, 2.45) is 0 Å². The standard InChI is InChI=1S/C14H20N2OS/c1-2-7-15-8-10-16(11-9-15)14(17)12-3-5-13(18)6-4-12/h3-6,18H,2,7-11H2,1H3. The molecule has 1 fully saturated rings. The van der Waals surface area contributed by atoms with Gasteiger partial charge in [-0.2, -0.15) is 0 Å². The summed E-state index contributed by atoms with van der Waals surface area (Å²) in [6.45, 7) is 6.98. The lowest BCUT2D eigenvalue weighted by Gasteiger charge is -2.34. The molecule has 0 bridgehead atoms. The summed E-state index contributed by atoms with van der Waals surface area (Å²) in [4.78, 5) is 17.5. The molecule has 1 aromatic carbocycles. The Balaban J connectivity index is 1.93. The van der Waals surface area contributed by atoms with Crippen LogP contribution in [-0.2, 0) is 0 Å². The monoisotopic (exact) mass is 264 g/mol. The highest BCUT2D eigenvalue weighted by Crippen LogP contribution is 2.12. The Kier molecular flexibility index (Phi) is 4.66. The summed E-state index contributed by atoms with van der Waals surface area (Å²) in [7, 11) is 0. The molecule has 98 valence electrons. The third-order valence-corrected chi connectivity index (χ3v) is 3.61. The Morgan fingerprint density at radius 1 is 1.17 bits per heavy atom. The first kappa shape index (κ1) is 13.4. The molecular formula is C14H20N2OS. The van der Waals surface area contributed by atoms with Crippen LogP contribution in [0.25, 0.3) is 0 Å². The first-order valence-corrected chi connectivity index (χ1v) is 6.96. The molecule has 0 spiro atoms. The summed E-state index contributed by atoms with van der Waals surface area (Å²) in [5.74, 6) is 0.138. The van der Waals surface area contributed by atoms with Gasteiger partial charge in [-0.3, -0.25) is 9.69 Å². The van der Waals surface area contributed by atoms with Crippen molar-refractivity contribution in [1.82, 2.24) is 9.80 Å². The Morgan fingerprint density at radius 3 is 2.33 bits per heavy atom. The number of hydrogen-bond donors (Lipinski definition) is 1. The minimum atomic E-state index is 0.138. The van der Waals surface area contributed by atoms with Gasteiger partial charge in [0.05, 0.1) is 0 Å². The van der Waals surface area contributed by atoms with Crippen LogP contribution in [0, 0.1) is 0 Å². The van der Waals surface area contributed by atoms with E-state index in [1.807, 2.05) is 29.2 Å². The Morgan fingerprint density at radius 2 is 1.78 bits per heavy atom. The lowest BCUT2D eigenvalue weighted by Crippen LogP contribution is -2.48. The van der Waals surface area contributed by atoms with Crippen LogP contribution in [0.5, 0.6) is 0 Å². The van der Waals surface area contributed by atoms with Gasteiger partial charge in [0.25, 0.3) is 5.91 Å². The first-order valence-electron chi connectivity index (χ1n) is 6.51. The van der Waals surface area contributed by atoms with Crippen LogP contribution in [0.1, 0.15) is 23.7 Å². The number of carbonyl (C=O) groups is 1. The fraction of sp³-hybridized carbons (Fsp3) is 0.500. The van der Waals surface area contributed by atoms with E-state index >= 15 is 0 Å². The topological polar surface area (TPSA) is 23.6 Å². The Labute approximate surface area is 114 Å². The maximum Gasteiger partial charge on any atom is 0.253 e. The average molecular weight is 264 g/mol. The summed E-state index contributed by atoms with van der Waals surface area (Å²) < 4.78 is 0. The molecule has 2 rings (SSSR count). The highest BCUT2D eigenvalue weighted by Gasteiger charge is 2.21.